The van der Waals surface area contributed by atoms with Crippen molar-refractivity contribution in [2.75, 3.05) is 0 Å². The van der Waals surface area contributed by atoms with Crippen LogP contribution in [0.5, 0.6) is 0 Å². The predicted molar refractivity (Wildman–Crippen MR) is 101 cm³/mol. The van der Waals surface area contributed by atoms with E-state index in [0.717, 1.165) is 36.3 Å². The molecule has 1 unspecified atom stereocenters. The highest BCUT2D eigenvalue weighted by atomic mass is 16.1. The molecule has 0 amide bonds. The van der Waals surface area contributed by atoms with Gasteiger partial charge >= 0.3 is 0 Å². The van der Waals surface area contributed by atoms with Gasteiger partial charge < -0.3 is 0 Å². The molecule has 1 saturated carbocycles. The van der Waals surface area contributed by atoms with Gasteiger partial charge in [-0.3, -0.25) is 4.79 Å². The Morgan fingerprint density at radius 2 is 1.81 bits per heavy atom. The summed E-state index contributed by atoms with van der Waals surface area (Å²) in [6.45, 7) is 0. The number of fused-ring (bicyclic) bond motifs is 1. The minimum atomic E-state index is -0.0219. The zero-order chi connectivity index (χ0) is 17.5. The van der Waals surface area contributed by atoms with Crippen LogP contribution in [0.2, 0.25) is 0 Å². The molecule has 4 heteroatoms. The highest BCUT2D eigenvalue weighted by Crippen LogP contribution is 2.41. The van der Waals surface area contributed by atoms with Gasteiger partial charge in [0.1, 0.15) is 0 Å². The third kappa shape index (κ3) is 2.75. The van der Waals surface area contributed by atoms with Crippen LogP contribution < -0.4 is 5.56 Å². The molecule has 0 saturated heterocycles. The van der Waals surface area contributed by atoms with E-state index in [1.54, 1.807) is 6.20 Å². The molecule has 130 valence electrons. The van der Waals surface area contributed by atoms with Crippen LogP contribution in [0.4, 0.5) is 0 Å². The van der Waals surface area contributed by atoms with Crippen molar-refractivity contribution in [3.05, 3.63) is 87.5 Å². The third-order valence-electron chi connectivity index (χ3n) is 5.67. The Hall–Kier alpha value is -2.75. The number of aromatic nitrogens is 3. The maximum Gasteiger partial charge on any atom is 0.276 e. The molecule has 3 aromatic rings. The van der Waals surface area contributed by atoms with Gasteiger partial charge in [-0.05, 0) is 72.8 Å². The summed E-state index contributed by atoms with van der Waals surface area (Å²) in [5.74, 6) is 1.84. The summed E-state index contributed by atoms with van der Waals surface area (Å²) in [5, 5.41) is 4.39. The van der Waals surface area contributed by atoms with Gasteiger partial charge in [-0.25, -0.2) is 4.98 Å². The molecule has 2 aromatic heterocycles. The summed E-state index contributed by atoms with van der Waals surface area (Å²) in [6, 6.07) is 14.6. The number of rotatable bonds is 3. The molecule has 1 fully saturated rings. The number of pyridine rings is 1. The summed E-state index contributed by atoms with van der Waals surface area (Å²) in [4.78, 5) is 17.1. The van der Waals surface area contributed by atoms with Crippen LogP contribution in [0.15, 0.2) is 59.7 Å². The van der Waals surface area contributed by atoms with E-state index in [0.29, 0.717) is 11.7 Å². The summed E-state index contributed by atoms with van der Waals surface area (Å²) in [7, 11) is 0. The van der Waals surface area contributed by atoms with Crippen molar-refractivity contribution in [2.45, 2.75) is 43.9 Å². The first-order valence-electron chi connectivity index (χ1n) is 9.41. The molecule has 0 aliphatic heterocycles. The standard InChI is InChI=1S/C22H21N3O/c26-22-20-10-9-18(17-5-3-4-16(12-17)15-7-8-15)13-19(20)14-24-25(22)21-6-1-2-11-23-21/h1-6,11-12,14-15,18H,7-10,13H2. The van der Waals surface area contributed by atoms with E-state index in [1.807, 2.05) is 24.4 Å². The van der Waals surface area contributed by atoms with E-state index in [-0.39, 0.29) is 5.56 Å². The fourth-order valence-electron chi connectivity index (χ4n) is 4.06. The molecule has 0 bridgehead atoms. The Labute approximate surface area is 152 Å². The fraction of sp³-hybridized carbons (Fsp3) is 0.318. The van der Waals surface area contributed by atoms with Crippen molar-refractivity contribution in [3.63, 3.8) is 0 Å². The van der Waals surface area contributed by atoms with E-state index in [2.05, 4.69) is 34.3 Å². The van der Waals surface area contributed by atoms with E-state index in [4.69, 9.17) is 0 Å². The van der Waals surface area contributed by atoms with E-state index >= 15 is 0 Å². The van der Waals surface area contributed by atoms with Crippen molar-refractivity contribution >= 4 is 0 Å². The maximum atomic E-state index is 12.9. The van der Waals surface area contributed by atoms with Crippen molar-refractivity contribution in [3.8, 4) is 5.82 Å². The molecule has 4 nitrogen and oxygen atoms in total. The average molecular weight is 343 g/mol. The fourth-order valence-corrected chi connectivity index (χ4v) is 4.06. The Morgan fingerprint density at radius 1 is 0.962 bits per heavy atom. The van der Waals surface area contributed by atoms with E-state index in [1.165, 1.54) is 28.7 Å². The van der Waals surface area contributed by atoms with Gasteiger partial charge in [0.25, 0.3) is 5.56 Å². The summed E-state index contributed by atoms with van der Waals surface area (Å²) < 4.78 is 1.42. The summed E-state index contributed by atoms with van der Waals surface area (Å²) >= 11 is 0. The molecule has 1 aromatic carbocycles. The number of benzene rings is 1. The minimum Gasteiger partial charge on any atom is -0.267 e. The van der Waals surface area contributed by atoms with E-state index in [9.17, 15) is 4.79 Å². The van der Waals surface area contributed by atoms with Crippen LogP contribution >= 0.6 is 0 Å². The van der Waals surface area contributed by atoms with Gasteiger partial charge in [0, 0.05) is 11.8 Å². The van der Waals surface area contributed by atoms with Gasteiger partial charge in [-0.15, -0.1) is 0 Å². The second-order valence-corrected chi connectivity index (χ2v) is 7.44. The Morgan fingerprint density at radius 3 is 2.58 bits per heavy atom. The monoisotopic (exact) mass is 343 g/mol. The molecule has 26 heavy (non-hydrogen) atoms. The zero-order valence-corrected chi connectivity index (χ0v) is 14.6. The van der Waals surface area contributed by atoms with Crippen LogP contribution in [0.3, 0.4) is 0 Å². The molecular weight excluding hydrogens is 322 g/mol. The smallest absolute Gasteiger partial charge is 0.267 e. The normalized spacial score (nSPS) is 19.2. The highest BCUT2D eigenvalue weighted by Gasteiger charge is 2.27. The first-order chi connectivity index (χ1) is 12.8. The lowest BCUT2D eigenvalue weighted by atomic mass is 9.80. The third-order valence-corrected chi connectivity index (χ3v) is 5.67. The van der Waals surface area contributed by atoms with Crippen LogP contribution in [-0.2, 0) is 12.8 Å². The number of hydrogen-bond acceptors (Lipinski definition) is 3. The molecule has 2 heterocycles. The largest absolute Gasteiger partial charge is 0.276 e. The first-order valence-corrected chi connectivity index (χ1v) is 9.41. The minimum absolute atomic E-state index is 0.0219. The molecule has 2 aliphatic carbocycles. The summed E-state index contributed by atoms with van der Waals surface area (Å²) in [6.07, 6.45) is 8.93. The number of hydrogen-bond donors (Lipinski definition) is 0. The SMILES string of the molecule is O=c1c2c(cnn1-c1ccccn1)CC(c1cccc(C3CC3)c1)CC2. The Bertz CT molecular complexity index is 1010. The van der Waals surface area contributed by atoms with Crippen LogP contribution in [0.25, 0.3) is 5.82 Å². The molecule has 0 N–H and O–H groups in total. The Kier molecular flexibility index (Phi) is 3.70. The van der Waals surface area contributed by atoms with Crippen molar-refractivity contribution in [1.82, 2.24) is 14.8 Å². The molecule has 1 atom stereocenters. The lowest BCUT2D eigenvalue weighted by Crippen LogP contribution is -2.30. The lowest BCUT2D eigenvalue weighted by molar-refractivity contribution is 0.567. The lowest BCUT2D eigenvalue weighted by Gasteiger charge is -2.25. The molecular formula is C22H21N3O. The topological polar surface area (TPSA) is 47.8 Å². The Balaban J connectivity index is 1.46. The van der Waals surface area contributed by atoms with Crippen LogP contribution in [0, 0.1) is 0 Å². The van der Waals surface area contributed by atoms with Crippen LogP contribution in [0.1, 0.15) is 53.4 Å². The van der Waals surface area contributed by atoms with Gasteiger partial charge in [0.05, 0.1) is 6.20 Å². The van der Waals surface area contributed by atoms with Crippen molar-refractivity contribution in [2.24, 2.45) is 0 Å². The first kappa shape index (κ1) is 15.5. The molecule has 0 spiro atoms. The second kappa shape index (κ2) is 6.20. The van der Waals surface area contributed by atoms with Crippen LogP contribution in [-0.4, -0.2) is 14.8 Å². The molecule has 0 radical (unpaired) electrons. The van der Waals surface area contributed by atoms with E-state index < -0.39 is 0 Å². The molecule has 5 rings (SSSR count). The van der Waals surface area contributed by atoms with Gasteiger partial charge in [-0.2, -0.15) is 9.78 Å². The average Bonchev–Trinajstić information content (AvgIpc) is 3.54. The maximum absolute atomic E-state index is 12.9. The van der Waals surface area contributed by atoms with Gasteiger partial charge in [-0.1, -0.05) is 30.3 Å². The summed E-state index contributed by atoms with van der Waals surface area (Å²) in [5.41, 5.74) is 4.87. The van der Waals surface area contributed by atoms with Gasteiger partial charge in [0.15, 0.2) is 5.82 Å². The quantitative estimate of drug-likeness (QED) is 0.727. The predicted octanol–water partition coefficient (Wildman–Crippen LogP) is 3.78. The van der Waals surface area contributed by atoms with Crippen molar-refractivity contribution < 1.29 is 0 Å². The van der Waals surface area contributed by atoms with Gasteiger partial charge in [0.2, 0.25) is 0 Å². The highest BCUT2D eigenvalue weighted by molar-refractivity contribution is 5.36. The molecule has 2 aliphatic rings. The van der Waals surface area contributed by atoms with Crippen molar-refractivity contribution in [1.29, 1.82) is 0 Å². The zero-order valence-electron chi connectivity index (χ0n) is 14.6. The second-order valence-electron chi connectivity index (χ2n) is 7.44. The number of nitrogens with zero attached hydrogens (tertiary/aromatic N) is 3.